The third-order valence-corrected chi connectivity index (χ3v) is 4.81. The Kier molecular flexibility index (Phi) is 5.00. The maximum atomic E-state index is 12.0. The second kappa shape index (κ2) is 7.36. The van der Waals surface area contributed by atoms with Gasteiger partial charge < -0.3 is 4.74 Å². The number of ether oxygens (including phenoxy) is 1. The van der Waals surface area contributed by atoms with Crippen LogP contribution in [0, 0.1) is 0 Å². The molecule has 0 unspecified atom stereocenters. The highest BCUT2D eigenvalue weighted by molar-refractivity contribution is 7.89. The molecule has 0 aliphatic rings. The molecule has 0 saturated carbocycles. The van der Waals surface area contributed by atoms with Crippen LogP contribution in [0.25, 0.3) is 10.8 Å². The summed E-state index contributed by atoms with van der Waals surface area (Å²) in [4.78, 5) is 11.9. The van der Waals surface area contributed by atoms with Crippen LogP contribution in [0.2, 0.25) is 0 Å². The Hall–Kier alpha value is -2.86. The Bertz CT molecular complexity index is 984. The SMILES string of the molecule is O=C(COc1ccc2ccccc2c1)NS(=O)(=O)Cc1ccccc1. The first-order valence-electron chi connectivity index (χ1n) is 7.71. The van der Waals surface area contributed by atoms with Gasteiger partial charge in [-0.1, -0.05) is 60.7 Å². The van der Waals surface area contributed by atoms with Gasteiger partial charge in [0.15, 0.2) is 6.61 Å². The number of hydrogen-bond donors (Lipinski definition) is 1. The first kappa shape index (κ1) is 17.0. The predicted octanol–water partition coefficient (Wildman–Crippen LogP) is 2.86. The number of fused-ring (bicyclic) bond motifs is 1. The Labute approximate surface area is 146 Å². The Balaban J connectivity index is 1.58. The quantitative estimate of drug-likeness (QED) is 0.738. The van der Waals surface area contributed by atoms with Crippen LogP contribution >= 0.6 is 0 Å². The van der Waals surface area contributed by atoms with Crippen molar-refractivity contribution in [2.75, 3.05) is 6.61 Å². The normalized spacial score (nSPS) is 11.2. The van der Waals surface area contributed by atoms with Gasteiger partial charge in [0.2, 0.25) is 10.0 Å². The molecule has 0 atom stereocenters. The van der Waals surface area contributed by atoms with E-state index in [2.05, 4.69) is 0 Å². The molecule has 1 N–H and O–H groups in total. The molecule has 3 aromatic carbocycles. The van der Waals surface area contributed by atoms with E-state index in [-0.39, 0.29) is 12.4 Å². The van der Waals surface area contributed by atoms with Crippen molar-refractivity contribution in [1.29, 1.82) is 0 Å². The average Bonchev–Trinajstić information content (AvgIpc) is 2.60. The fraction of sp³-hybridized carbons (Fsp3) is 0.105. The van der Waals surface area contributed by atoms with E-state index in [0.29, 0.717) is 11.3 Å². The van der Waals surface area contributed by atoms with Crippen molar-refractivity contribution in [2.24, 2.45) is 0 Å². The zero-order valence-electron chi connectivity index (χ0n) is 13.4. The van der Waals surface area contributed by atoms with Crippen molar-refractivity contribution in [3.63, 3.8) is 0 Å². The van der Waals surface area contributed by atoms with Crippen molar-refractivity contribution in [1.82, 2.24) is 4.72 Å². The number of hydrogen-bond acceptors (Lipinski definition) is 4. The molecule has 5 nitrogen and oxygen atoms in total. The van der Waals surface area contributed by atoms with Gasteiger partial charge in [-0.15, -0.1) is 0 Å². The Morgan fingerprint density at radius 3 is 2.32 bits per heavy atom. The molecule has 0 fully saturated rings. The van der Waals surface area contributed by atoms with Gasteiger partial charge in [-0.05, 0) is 28.5 Å². The maximum absolute atomic E-state index is 12.0. The monoisotopic (exact) mass is 355 g/mol. The number of amides is 1. The average molecular weight is 355 g/mol. The lowest BCUT2D eigenvalue weighted by molar-refractivity contribution is -0.121. The molecule has 0 aliphatic heterocycles. The van der Waals surface area contributed by atoms with Gasteiger partial charge >= 0.3 is 0 Å². The van der Waals surface area contributed by atoms with Crippen LogP contribution < -0.4 is 9.46 Å². The van der Waals surface area contributed by atoms with Crippen molar-refractivity contribution in [3.8, 4) is 5.75 Å². The fourth-order valence-electron chi connectivity index (χ4n) is 2.44. The number of rotatable bonds is 6. The molecule has 3 rings (SSSR count). The molecular formula is C19H17NO4S. The number of sulfonamides is 1. The topological polar surface area (TPSA) is 72.5 Å². The summed E-state index contributed by atoms with van der Waals surface area (Å²) in [6, 6.07) is 21.9. The summed E-state index contributed by atoms with van der Waals surface area (Å²) in [5.41, 5.74) is 0.609. The molecule has 0 aromatic heterocycles. The second-order valence-electron chi connectivity index (χ2n) is 5.57. The van der Waals surface area contributed by atoms with Gasteiger partial charge in [0.25, 0.3) is 5.91 Å². The Morgan fingerprint density at radius 1 is 0.880 bits per heavy atom. The molecular weight excluding hydrogens is 338 g/mol. The van der Waals surface area contributed by atoms with Gasteiger partial charge in [-0.3, -0.25) is 4.79 Å². The summed E-state index contributed by atoms with van der Waals surface area (Å²) in [6.45, 7) is -0.369. The molecule has 3 aromatic rings. The molecule has 1 amide bonds. The van der Waals surface area contributed by atoms with Crippen LogP contribution in [0.3, 0.4) is 0 Å². The Morgan fingerprint density at radius 2 is 1.56 bits per heavy atom. The summed E-state index contributed by atoms with van der Waals surface area (Å²) in [5, 5.41) is 2.04. The van der Waals surface area contributed by atoms with E-state index < -0.39 is 15.9 Å². The fourth-order valence-corrected chi connectivity index (χ4v) is 3.55. The second-order valence-corrected chi connectivity index (χ2v) is 7.29. The molecule has 0 saturated heterocycles. The van der Waals surface area contributed by atoms with Crippen molar-refractivity contribution in [3.05, 3.63) is 78.4 Å². The van der Waals surface area contributed by atoms with Crippen molar-refractivity contribution < 1.29 is 17.9 Å². The minimum absolute atomic E-state index is 0.254. The van der Waals surface area contributed by atoms with E-state index in [4.69, 9.17) is 4.74 Å². The van der Waals surface area contributed by atoms with Gasteiger partial charge in [0.1, 0.15) is 5.75 Å². The number of benzene rings is 3. The van der Waals surface area contributed by atoms with E-state index in [9.17, 15) is 13.2 Å². The standard InChI is InChI=1S/C19H17NO4S/c21-19(20-25(22,23)14-15-6-2-1-3-7-15)13-24-18-11-10-16-8-4-5-9-17(16)12-18/h1-12H,13-14H2,(H,20,21). The lowest BCUT2D eigenvalue weighted by Gasteiger charge is -2.09. The highest BCUT2D eigenvalue weighted by Crippen LogP contribution is 2.20. The van der Waals surface area contributed by atoms with E-state index in [0.717, 1.165) is 10.8 Å². The number of carbonyl (C=O) groups excluding carboxylic acids is 1. The molecule has 128 valence electrons. The van der Waals surface area contributed by atoms with Gasteiger partial charge in [0, 0.05) is 0 Å². The maximum Gasteiger partial charge on any atom is 0.271 e. The van der Waals surface area contributed by atoms with Gasteiger partial charge in [-0.25, -0.2) is 13.1 Å². The van der Waals surface area contributed by atoms with Crippen molar-refractivity contribution >= 4 is 26.7 Å². The lowest BCUT2D eigenvalue weighted by Crippen LogP contribution is -2.35. The van der Waals surface area contributed by atoms with Crippen LogP contribution in [0.5, 0.6) is 5.75 Å². The molecule has 0 heterocycles. The van der Waals surface area contributed by atoms with E-state index in [1.165, 1.54) is 0 Å². The summed E-state index contributed by atoms with van der Waals surface area (Å²) in [5.74, 6) is -0.450. The van der Waals surface area contributed by atoms with Gasteiger partial charge in [-0.2, -0.15) is 0 Å². The summed E-state index contributed by atoms with van der Waals surface area (Å²) >= 11 is 0. The van der Waals surface area contributed by atoms with E-state index >= 15 is 0 Å². The number of nitrogens with one attached hydrogen (secondary N) is 1. The third-order valence-electron chi connectivity index (χ3n) is 3.56. The predicted molar refractivity (Wildman–Crippen MR) is 96.7 cm³/mol. The zero-order chi connectivity index (χ0) is 17.7. The largest absolute Gasteiger partial charge is 0.484 e. The first-order chi connectivity index (χ1) is 12.0. The van der Waals surface area contributed by atoms with Crippen LogP contribution in [0.15, 0.2) is 72.8 Å². The van der Waals surface area contributed by atoms with Crippen molar-refractivity contribution in [2.45, 2.75) is 5.75 Å². The summed E-state index contributed by atoms with van der Waals surface area (Å²) in [7, 11) is -3.75. The summed E-state index contributed by atoms with van der Waals surface area (Å²) in [6.07, 6.45) is 0. The highest BCUT2D eigenvalue weighted by atomic mass is 32.2. The van der Waals surface area contributed by atoms with E-state index in [1.807, 2.05) is 35.1 Å². The molecule has 0 aliphatic carbocycles. The minimum Gasteiger partial charge on any atom is -0.484 e. The third kappa shape index (κ3) is 4.81. The van der Waals surface area contributed by atoms with E-state index in [1.54, 1.807) is 42.5 Å². The lowest BCUT2D eigenvalue weighted by atomic mass is 10.1. The van der Waals surface area contributed by atoms with Crippen LogP contribution in [-0.2, 0) is 20.6 Å². The summed E-state index contributed by atoms with van der Waals surface area (Å²) < 4.78 is 31.4. The zero-order valence-corrected chi connectivity index (χ0v) is 14.2. The smallest absolute Gasteiger partial charge is 0.271 e. The molecule has 25 heavy (non-hydrogen) atoms. The minimum atomic E-state index is -3.75. The molecule has 0 bridgehead atoms. The van der Waals surface area contributed by atoms with Crippen LogP contribution in [-0.4, -0.2) is 20.9 Å². The molecule has 0 radical (unpaired) electrons. The highest BCUT2D eigenvalue weighted by Gasteiger charge is 2.15. The van der Waals surface area contributed by atoms with Crippen LogP contribution in [0.4, 0.5) is 0 Å². The first-order valence-corrected chi connectivity index (χ1v) is 9.36. The number of carbonyl (C=O) groups is 1. The van der Waals surface area contributed by atoms with Crippen LogP contribution in [0.1, 0.15) is 5.56 Å². The molecule has 6 heteroatoms. The molecule has 0 spiro atoms. The van der Waals surface area contributed by atoms with Gasteiger partial charge in [0.05, 0.1) is 5.75 Å².